The number of hydrogen-bond donors (Lipinski definition) is 10. The molecule has 13 aliphatic rings. The van der Waals surface area contributed by atoms with E-state index in [4.69, 9.17) is 33.2 Å². The quantitative estimate of drug-likeness (QED) is 0.0552. The van der Waals surface area contributed by atoms with Crippen LogP contribution in [-0.2, 0) is 33.2 Å². The van der Waals surface area contributed by atoms with Crippen molar-refractivity contribution < 1.29 is 33.2 Å². The van der Waals surface area contributed by atoms with Crippen molar-refractivity contribution in [2.45, 2.75) is 474 Å². The molecule has 0 aromatic heterocycles. The van der Waals surface area contributed by atoms with Crippen LogP contribution in [0.3, 0.4) is 0 Å². The van der Waals surface area contributed by atoms with E-state index in [1.807, 2.05) is 0 Å². The molecule has 0 amide bonds. The minimum absolute atomic E-state index is 0.0425. The summed E-state index contributed by atoms with van der Waals surface area (Å²) in [6, 6.07) is 6.34. The van der Waals surface area contributed by atoms with Crippen molar-refractivity contribution in [2.24, 2.45) is 40.4 Å². The van der Waals surface area contributed by atoms with Crippen LogP contribution in [0.4, 0.5) is 0 Å². The number of hydrogen-bond acceptors (Lipinski definition) is 21. The van der Waals surface area contributed by atoms with Crippen LogP contribution in [-0.4, -0.2) is 308 Å². The molecule has 0 aromatic carbocycles. The van der Waals surface area contributed by atoms with Gasteiger partial charge in [0.05, 0.1) is 71.1 Å². The topological polar surface area (TPSA) is 198 Å². The molecular weight excluding hydrogens is 1610 g/mol. The molecule has 9 saturated heterocycles. The van der Waals surface area contributed by atoms with Gasteiger partial charge in [0.15, 0.2) is 0 Å². The average molecular weight is 1830 g/mol. The molecule has 4 aliphatic carbocycles. The first-order valence-corrected chi connectivity index (χ1v) is 53.6. The second-order valence-electron chi connectivity index (χ2n) is 52.2. The minimum atomic E-state index is -0.0425. The van der Waals surface area contributed by atoms with Crippen molar-refractivity contribution in [1.82, 2.24) is 72.8 Å². The van der Waals surface area contributed by atoms with Gasteiger partial charge in [0.25, 0.3) is 0 Å². The molecular formula is C108H222N14O7. The highest BCUT2D eigenvalue weighted by molar-refractivity contribution is 4.95. The number of piperidine rings is 2. The Hall–Kier alpha value is -0.840. The minimum Gasteiger partial charge on any atom is -0.381 e. The van der Waals surface area contributed by atoms with E-state index in [1.165, 1.54) is 207 Å². The molecule has 9 aliphatic heterocycles. The summed E-state index contributed by atoms with van der Waals surface area (Å²) in [5.41, 5.74) is 3.29. The molecule has 21 nitrogen and oxygen atoms in total. The average Bonchev–Trinajstić information content (AvgIpc) is 1.83. The Kier molecular flexibility index (Phi) is 53.1. The highest BCUT2D eigenvalue weighted by Gasteiger charge is 2.38. The van der Waals surface area contributed by atoms with Crippen LogP contribution in [0.5, 0.6) is 0 Å². The molecule has 9 heterocycles. The number of nitrogens with one attached hydrogen (secondary N) is 10. The number of morpholine rings is 3. The third-order valence-corrected chi connectivity index (χ3v) is 28.0. The monoisotopic (exact) mass is 1830 g/mol. The summed E-state index contributed by atoms with van der Waals surface area (Å²) in [5, 5.41) is 35.8. The lowest BCUT2D eigenvalue weighted by Gasteiger charge is -2.43. The summed E-state index contributed by atoms with van der Waals surface area (Å²) < 4.78 is 38.0. The van der Waals surface area contributed by atoms with Gasteiger partial charge in [-0.2, -0.15) is 0 Å². The lowest BCUT2D eigenvalue weighted by atomic mass is 9.70. The highest BCUT2D eigenvalue weighted by atomic mass is 16.5. The second kappa shape index (κ2) is 57.8. The number of likely N-dealkylation sites (tertiary alicyclic amines) is 3. The third kappa shape index (κ3) is 58.7. The van der Waals surface area contributed by atoms with Crippen LogP contribution < -0.4 is 53.2 Å². The van der Waals surface area contributed by atoms with E-state index < -0.39 is 0 Å². The molecule has 10 N–H and O–H groups in total. The molecule has 129 heavy (non-hydrogen) atoms. The number of nitrogens with zero attached hydrogens (tertiary/aromatic N) is 4. The fourth-order valence-corrected chi connectivity index (χ4v) is 19.6. The normalized spacial score (nSPS) is 28.8. The van der Waals surface area contributed by atoms with Crippen molar-refractivity contribution >= 4 is 0 Å². The lowest BCUT2D eigenvalue weighted by molar-refractivity contribution is -0.0380. The zero-order valence-electron chi connectivity index (χ0n) is 91.3. The third-order valence-electron chi connectivity index (χ3n) is 28.0. The van der Waals surface area contributed by atoms with Gasteiger partial charge in [-0.15, -0.1) is 0 Å². The SMILES string of the molecule is CC(C)(C)NC1CCN(C2CC2)CC1.CC(C)(C)NCC1CCOC1.CC(C)(C)NCC1COCCN1.CC(C)(C)NC[C@H]1CCN(C2CCOCC2)C1.CC(C)(C)N[C@@H]1CCC(N2CCOCC2)C1.CC(C)(C)OCC1COCCN1.CC1(C)CCC(CNC(C)(C)C)CC1.CCC1(C)CCC(CNC(C)(C)C)CC1.C[C@H]1COCC[C@H]1N1CCC(NC(C)(C)C)CC1. The summed E-state index contributed by atoms with van der Waals surface area (Å²) in [4.78, 5) is 10.7. The Morgan fingerprint density at radius 2 is 0.713 bits per heavy atom. The predicted molar refractivity (Wildman–Crippen MR) is 551 cm³/mol. The standard InChI is InChI=1S/C15H30N2O.C14H28N2O.C14H29N.C13H26N2O.C13H27N.C12H24N2.C9H20N2O.C9H19NO2.C9H19NO/c1-12-11-18-10-7-14(12)17-8-5-13(6-9-17)16-15(2,3)4;1-14(2,3)15-10-12-4-7-16(11-12)13-5-8-17-9-6-13;1-6-14(5)9-7-12(8-10-14)11-15-13(2,3)4;1-13(2,3)14-11-4-5-12(10-11)15-6-8-16-9-7-15;1-12(2,3)14-10-11-6-8-13(4,5)9-7-11;1-12(2,3)13-10-6-8-14(9-7-10)11-4-5-11;1-9(2,3)11-6-8-7-12-5-4-10-8;1-9(2,3)12-7-8-6-11-5-4-10-8;1-9(2,3)10-6-8-4-5-11-7-8/h12-14,16H,5-11H2,1-4H3;12-13,15H,4-11H2,1-3H3;12,15H,6-11H2,1-5H3;11-12,14H,4-10H2,1-3H3;11,14H,6-10H2,1-5H3;10-11,13H,4-9H2,1-3H3;8,10-11H,4-7H2,1-3H3;8,10H,4-7H2,1-3H3;8,10H,4-7H2,1-3H3/t12-,14+;12-;;11-,12?;;;;;/m01.1...../s1. The van der Waals surface area contributed by atoms with Gasteiger partial charge in [0.1, 0.15) is 0 Å². The van der Waals surface area contributed by atoms with Gasteiger partial charge in [-0.3, -0.25) is 14.7 Å². The van der Waals surface area contributed by atoms with E-state index in [1.54, 1.807) is 0 Å². The first kappa shape index (κ1) is 119. The molecule has 766 valence electrons. The maximum atomic E-state index is 5.63. The molecule has 21 heteroatoms. The predicted octanol–water partition coefficient (Wildman–Crippen LogP) is 17.9. The fraction of sp³-hybridized carbons (Fsp3) is 1.00. The molecule has 4 saturated carbocycles. The molecule has 0 aromatic rings. The van der Waals surface area contributed by atoms with Crippen molar-refractivity contribution in [2.75, 3.05) is 184 Å². The summed E-state index contributed by atoms with van der Waals surface area (Å²) in [6.07, 6.45) is 31.2. The van der Waals surface area contributed by atoms with Gasteiger partial charge in [0, 0.05) is 165 Å². The van der Waals surface area contributed by atoms with E-state index in [0.717, 1.165) is 179 Å². The summed E-state index contributed by atoms with van der Waals surface area (Å²) >= 11 is 0. The van der Waals surface area contributed by atoms with Gasteiger partial charge >= 0.3 is 0 Å². The molecule has 0 spiro atoms. The Morgan fingerprint density at radius 3 is 1.15 bits per heavy atom. The molecule has 8 atom stereocenters. The van der Waals surface area contributed by atoms with Crippen molar-refractivity contribution in [3.8, 4) is 0 Å². The van der Waals surface area contributed by atoms with Gasteiger partial charge < -0.3 is 91.2 Å². The first-order chi connectivity index (χ1) is 60.0. The Bertz CT molecular complexity index is 2750. The second-order valence-corrected chi connectivity index (χ2v) is 52.2. The van der Waals surface area contributed by atoms with Crippen LogP contribution in [0, 0.1) is 40.4 Å². The van der Waals surface area contributed by atoms with Gasteiger partial charge in [-0.25, -0.2) is 0 Å². The van der Waals surface area contributed by atoms with Gasteiger partial charge in [0.2, 0.25) is 0 Å². The van der Waals surface area contributed by atoms with Gasteiger partial charge in [-0.1, -0.05) is 41.0 Å². The maximum Gasteiger partial charge on any atom is 0.0649 e. The Morgan fingerprint density at radius 1 is 0.326 bits per heavy atom. The van der Waals surface area contributed by atoms with E-state index >= 15 is 0 Å². The van der Waals surface area contributed by atoms with Gasteiger partial charge in [-0.05, 0) is 421 Å². The van der Waals surface area contributed by atoms with E-state index in [-0.39, 0.29) is 49.9 Å². The number of rotatable bonds is 20. The van der Waals surface area contributed by atoms with Crippen LogP contribution >= 0.6 is 0 Å². The van der Waals surface area contributed by atoms with E-state index in [9.17, 15) is 0 Å². The van der Waals surface area contributed by atoms with E-state index in [2.05, 4.69) is 294 Å². The van der Waals surface area contributed by atoms with Crippen LogP contribution in [0.1, 0.15) is 369 Å². The van der Waals surface area contributed by atoms with Crippen LogP contribution in [0.2, 0.25) is 0 Å². The highest BCUT2D eigenvalue weighted by Crippen LogP contribution is 2.42. The summed E-state index contributed by atoms with van der Waals surface area (Å²) in [6.45, 7) is 101. The van der Waals surface area contributed by atoms with Crippen LogP contribution in [0.25, 0.3) is 0 Å². The van der Waals surface area contributed by atoms with E-state index in [0.29, 0.717) is 40.9 Å². The molecule has 0 radical (unpaired) electrons. The molecule has 4 unspecified atom stereocenters. The first-order valence-electron chi connectivity index (χ1n) is 53.6. The lowest BCUT2D eigenvalue weighted by Crippen LogP contribution is -2.53. The van der Waals surface area contributed by atoms with Crippen molar-refractivity contribution in [3.63, 3.8) is 0 Å². The van der Waals surface area contributed by atoms with Crippen molar-refractivity contribution in [1.29, 1.82) is 0 Å². The smallest absolute Gasteiger partial charge is 0.0649 e. The molecule has 13 fully saturated rings. The zero-order valence-corrected chi connectivity index (χ0v) is 91.3. The molecule has 13 rings (SSSR count). The van der Waals surface area contributed by atoms with Crippen LogP contribution in [0.15, 0.2) is 0 Å². The Labute approximate surface area is 799 Å². The number of ether oxygens (including phenoxy) is 7. The zero-order chi connectivity index (χ0) is 96.0. The maximum absolute atomic E-state index is 5.63. The van der Waals surface area contributed by atoms with Crippen molar-refractivity contribution in [3.05, 3.63) is 0 Å². The fourth-order valence-electron chi connectivity index (χ4n) is 19.6. The largest absolute Gasteiger partial charge is 0.381 e. The Balaban J connectivity index is 0.000000258. The summed E-state index contributed by atoms with van der Waals surface area (Å²) in [7, 11) is 0. The molecule has 0 bridgehead atoms. The summed E-state index contributed by atoms with van der Waals surface area (Å²) in [5.74, 6) is 4.13.